The lowest BCUT2D eigenvalue weighted by molar-refractivity contribution is -0.134. The van der Waals surface area contributed by atoms with Crippen molar-refractivity contribution < 1.29 is 4.79 Å². The number of piperidine rings is 1. The zero-order chi connectivity index (χ0) is 16.2. The molecule has 0 aromatic heterocycles. The molecule has 0 aliphatic carbocycles. The van der Waals surface area contributed by atoms with Gasteiger partial charge < -0.3 is 15.5 Å². The zero-order valence-electron chi connectivity index (χ0n) is 14.7. The van der Waals surface area contributed by atoms with Crippen molar-refractivity contribution in [2.75, 3.05) is 26.2 Å². The molecule has 1 aliphatic heterocycles. The Kier molecular flexibility index (Phi) is 9.67. The van der Waals surface area contributed by atoms with Gasteiger partial charge in [-0.3, -0.25) is 9.79 Å². The molecule has 1 unspecified atom stereocenters. The number of carbonyl (C=O) groups is 1. The maximum atomic E-state index is 12.3. The smallest absolute Gasteiger partial charge is 0.224 e. The standard InChI is InChI=1S/C17H34N4O/c1-4-6-8-12-19-17(18-5-2)20-13-11-16(22)21-14-9-7-10-15(21)3/h15H,4-14H2,1-3H3,(H2,18,19,20). The Bertz CT molecular complexity index is 344. The van der Waals surface area contributed by atoms with Crippen molar-refractivity contribution >= 4 is 11.9 Å². The molecule has 5 nitrogen and oxygen atoms in total. The van der Waals surface area contributed by atoms with Crippen molar-refractivity contribution in [3.05, 3.63) is 0 Å². The van der Waals surface area contributed by atoms with Crippen LogP contribution in [0, 0.1) is 0 Å². The number of likely N-dealkylation sites (tertiary alicyclic amines) is 1. The summed E-state index contributed by atoms with van der Waals surface area (Å²) in [6, 6.07) is 0.400. The molecule has 0 saturated carbocycles. The normalized spacial score (nSPS) is 19.1. The van der Waals surface area contributed by atoms with Crippen LogP contribution in [-0.2, 0) is 4.79 Å². The van der Waals surface area contributed by atoms with Gasteiger partial charge in [0, 0.05) is 38.6 Å². The summed E-state index contributed by atoms with van der Waals surface area (Å²) in [7, 11) is 0. The summed E-state index contributed by atoms with van der Waals surface area (Å²) in [6.45, 7) is 9.68. The molecule has 1 heterocycles. The Labute approximate surface area is 135 Å². The summed E-state index contributed by atoms with van der Waals surface area (Å²) in [5.74, 6) is 1.10. The maximum absolute atomic E-state index is 12.3. The Morgan fingerprint density at radius 1 is 1.23 bits per heavy atom. The minimum atomic E-state index is 0.265. The molecule has 22 heavy (non-hydrogen) atoms. The summed E-state index contributed by atoms with van der Waals surface area (Å²) in [5.41, 5.74) is 0. The SMILES string of the molecule is CCCCCN=C(NCC)NCCC(=O)N1CCCCC1C. The third-order valence-electron chi connectivity index (χ3n) is 4.13. The van der Waals surface area contributed by atoms with Gasteiger partial charge in [0.2, 0.25) is 5.91 Å². The van der Waals surface area contributed by atoms with Gasteiger partial charge in [-0.15, -0.1) is 0 Å². The average Bonchev–Trinajstić information content (AvgIpc) is 2.51. The number of carbonyl (C=O) groups excluding carboxylic acids is 1. The van der Waals surface area contributed by atoms with Crippen LogP contribution in [0.25, 0.3) is 0 Å². The Morgan fingerprint density at radius 2 is 2.05 bits per heavy atom. The number of nitrogens with zero attached hydrogens (tertiary/aromatic N) is 2. The number of guanidine groups is 1. The summed E-state index contributed by atoms with van der Waals surface area (Å²) < 4.78 is 0. The molecule has 1 amide bonds. The van der Waals surface area contributed by atoms with Gasteiger partial charge in [0.1, 0.15) is 0 Å². The van der Waals surface area contributed by atoms with Crippen LogP contribution in [0.3, 0.4) is 0 Å². The number of hydrogen-bond donors (Lipinski definition) is 2. The third-order valence-corrected chi connectivity index (χ3v) is 4.13. The first-order chi connectivity index (χ1) is 10.7. The van der Waals surface area contributed by atoms with Gasteiger partial charge in [-0.05, 0) is 39.5 Å². The molecule has 1 atom stereocenters. The molecule has 1 saturated heterocycles. The molecule has 128 valence electrons. The second-order valence-electron chi connectivity index (χ2n) is 6.08. The van der Waals surface area contributed by atoms with Crippen molar-refractivity contribution in [3.63, 3.8) is 0 Å². The highest BCUT2D eigenvalue weighted by Crippen LogP contribution is 2.16. The van der Waals surface area contributed by atoms with E-state index in [1.807, 2.05) is 4.90 Å². The molecular weight excluding hydrogens is 276 g/mol. The van der Waals surface area contributed by atoms with Gasteiger partial charge in [0.05, 0.1) is 0 Å². The highest BCUT2D eigenvalue weighted by molar-refractivity contribution is 5.81. The quantitative estimate of drug-likeness (QED) is 0.411. The molecule has 1 rings (SSSR count). The van der Waals surface area contributed by atoms with Crippen LogP contribution in [0.1, 0.15) is 65.7 Å². The van der Waals surface area contributed by atoms with Gasteiger partial charge in [-0.25, -0.2) is 0 Å². The molecule has 1 fully saturated rings. The van der Waals surface area contributed by atoms with Gasteiger partial charge in [-0.2, -0.15) is 0 Å². The molecule has 0 bridgehead atoms. The minimum Gasteiger partial charge on any atom is -0.357 e. The van der Waals surface area contributed by atoms with E-state index in [4.69, 9.17) is 0 Å². The Morgan fingerprint density at radius 3 is 2.73 bits per heavy atom. The monoisotopic (exact) mass is 310 g/mol. The maximum Gasteiger partial charge on any atom is 0.224 e. The van der Waals surface area contributed by atoms with Gasteiger partial charge in [-0.1, -0.05) is 19.8 Å². The van der Waals surface area contributed by atoms with E-state index < -0.39 is 0 Å². The van der Waals surface area contributed by atoms with E-state index in [2.05, 4.69) is 36.4 Å². The van der Waals surface area contributed by atoms with Crippen LogP contribution in [0.4, 0.5) is 0 Å². The third kappa shape index (κ3) is 7.14. The highest BCUT2D eigenvalue weighted by Gasteiger charge is 2.22. The molecule has 2 N–H and O–H groups in total. The topological polar surface area (TPSA) is 56.7 Å². The van der Waals surface area contributed by atoms with E-state index in [-0.39, 0.29) is 5.91 Å². The average molecular weight is 310 g/mol. The first kappa shape index (κ1) is 18.8. The lowest BCUT2D eigenvalue weighted by Gasteiger charge is -2.33. The molecule has 0 aromatic carbocycles. The van der Waals surface area contributed by atoms with E-state index in [0.29, 0.717) is 19.0 Å². The fraction of sp³-hybridized carbons (Fsp3) is 0.882. The van der Waals surface area contributed by atoms with Gasteiger partial charge in [0.15, 0.2) is 5.96 Å². The van der Waals surface area contributed by atoms with Crippen molar-refractivity contribution in [1.82, 2.24) is 15.5 Å². The Hall–Kier alpha value is -1.26. The number of rotatable bonds is 8. The molecule has 1 aliphatic rings. The minimum absolute atomic E-state index is 0.265. The lowest BCUT2D eigenvalue weighted by atomic mass is 10.0. The molecule has 5 heteroatoms. The fourth-order valence-electron chi connectivity index (χ4n) is 2.79. The van der Waals surface area contributed by atoms with E-state index in [9.17, 15) is 4.79 Å². The Balaban J connectivity index is 2.30. The zero-order valence-corrected chi connectivity index (χ0v) is 14.7. The number of nitrogens with one attached hydrogen (secondary N) is 2. The second kappa shape index (κ2) is 11.3. The number of unbranched alkanes of at least 4 members (excludes halogenated alkanes) is 2. The van der Waals surface area contributed by atoms with Crippen molar-refractivity contribution in [2.45, 2.75) is 71.8 Å². The van der Waals surface area contributed by atoms with Crippen molar-refractivity contribution in [3.8, 4) is 0 Å². The van der Waals surface area contributed by atoms with E-state index in [1.165, 1.54) is 19.3 Å². The van der Waals surface area contributed by atoms with Crippen molar-refractivity contribution in [2.24, 2.45) is 4.99 Å². The first-order valence-electron chi connectivity index (χ1n) is 9.00. The highest BCUT2D eigenvalue weighted by atomic mass is 16.2. The summed E-state index contributed by atoms with van der Waals surface area (Å²) in [6.07, 6.45) is 7.63. The second-order valence-corrected chi connectivity index (χ2v) is 6.08. The molecule has 0 aromatic rings. The molecular formula is C17H34N4O. The van der Waals surface area contributed by atoms with Crippen LogP contribution in [0.2, 0.25) is 0 Å². The number of aliphatic imine (C=N–C) groups is 1. The van der Waals surface area contributed by atoms with Crippen LogP contribution in [0.5, 0.6) is 0 Å². The first-order valence-corrected chi connectivity index (χ1v) is 9.00. The van der Waals surface area contributed by atoms with E-state index in [0.717, 1.165) is 44.9 Å². The molecule has 0 spiro atoms. The van der Waals surface area contributed by atoms with Crippen LogP contribution in [0.15, 0.2) is 4.99 Å². The largest absolute Gasteiger partial charge is 0.357 e. The van der Waals surface area contributed by atoms with E-state index >= 15 is 0 Å². The fourth-order valence-corrected chi connectivity index (χ4v) is 2.79. The van der Waals surface area contributed by atoms with E-state index in [1.54, 1.807) is 0 Å². The van der Waals surface area contributed by atoms with Crippen molar-refractivity contribution in [1.29, 1.82) is 0 Å². The predicted octanol–water partition coefficient (Wildman–Crippen LogP) is 2.52. The predicted molar refractivity (Wildman–Crippen MR) is 93.1 cm³/mol. The summed E-state index contributed by atoms with van der Waals surface area (Å²) in [4.78, 5) is 18.9. The number of amides is 1. The van der Waals surface area contributed by atoms with Gasteiger partial charge >= 0.3 is 0 Å². The molecule has 0 radical (unpaired) electrons. The number of hydrogen-bond acceptors (Lipinski definition) is 2. The van der Waals surface area contributed by atoms with Crippen LogP contribution < -0.4 is 10.6 Å². The lowest BCUT2D eigenvalue weighted by Crippen LogP contribution is -2.44. The summed E-state index contributed by atoms with van der Waals surface area (Å²) in [5, 5.41) is 6.51. The van der Waals surface area contributed by atoms with Crippen LogP contribution >= 0.6 is 0 Å². The van der Waals surface area contributed by atoms with Gasteiger partial charge in [0.25, 0.3) is 0 Å². The summed E-state index contributed by atoms with van der Waals surface area (Å²) >= 11 is 0. The van der Waals surface area contributed by atoms with Crippen LogP contribution in [-0.4, -0.2) is 49.0 Å².